The van der Waals surface area contributed by atoms with E-state index in [1.807, 2.05) is 0 Å². The van der Waals surface area contributed by atoms with Crippen molar-refractivity contribution in [3.8, 4) is 11.8 Å². The van der Waals surface area contributed by atoms with Crippen LogP contribution in [0.15, 0.2) is 60.7 Å². The molecule has 0 saturated carbocycles. The van der Waals surface area contributed by atoms with Crippen LogP contribution in [0.25, 0.3) is 0 Å². The maximum absolute atomic E-state index is 13.5. The van der Waals surface area contributed by atoms with Crippen molar-refractivity contribution in [3.05, 3.63) is 94.0 Å². The Bertz CT molecular complexity index is 1260. The van der Waals surface area contributed by atoms with Gasteiger partial charge in [0.2, 0.25) is 5.60 Å². The number of ether oxygens (including phenoxy) is 1. The van der Waals surface area contributed by atoms with Gasteiger partial charge in [-0.25, -0.2) is 8.78 Å². The molecule has 0 radical (unpaired) electrons. The molecule has 0 aromatic heterocycles. The largest absolute Gasteiger partial charge is 0.490 e. The molecule has 1 unspecified atom stereocenters. The standard InChI is InChI=1S/C23H14ClF5N2O3/c24-15-4-2-14(3-5-15)22(33,12-34-17-7-8-19(25)20(26)10-17)21(32)31-16-6-1-13(11-30)18(9-16)23(27,28)29/h1-10,33H,12H2,(H,31,32). The van der Waals surface area contributed by atoms with E-state index in [-0.39, 0.29) is 22.0 Å². The molecule has 0 heterocycles. The van der Waals surface area contributed by atoms with E-state index >= 15 is 0 Å². The second kappa shape index (κ2) is 9.67. The fourth-order valence-corrected chi connectivity index (χ4v) is 3.07. The molecule has 176 valence electrons. The van der Waals surface area contributed by atoms with E-state index in [0.29, 0.717) is 12.1 Å². The zero-order valence-corrected chi connectivity index (χ0v) is 17.7. The van der Waals surface area contributed by atoms with Crippen molar-refractivity contribution in [2.75, 3.05) is 11.9 Å². The molecule has 0 aliphatic rings. The second-order valence-corrected chi connectivity index (χ2v) is 7.49. The van der Waals surface area contributed by atoms with Gasteiger partial charge in [-0.05, 0) is 48.0 Å². The van der Waals surface area contributed by atoms with Crippen LogP contribution in [0.2, 0.25) is 5.02 Å². The van der Waals surface area contributed by atoms with Crippen LogP contribution >= 0.6 is 11.6 Å². The van der Waals surface area contributed by atoms with Crippen LogP contribution in [0, 0.1) is 23.0 Å². The van der Waals surface area contributed by atoms with Crippen LogP contribution < -0.4 is 10.1 Å². The van der Waals surface area contributed by atoms with Crippen molar-refractivity contribution in [3.63, 3.8) is 0 Å². The molecule has 1 amide bonds. The monoisotopic (exact) mass is 496 g/mol. The summed E-state index contributed by atoms with van der Waals surface area (Å²) in [4.78, 5) is 13.0. The first-order valence-electron chi connectivity index (χ1n) is 9.43. The molecule has 3 rings (SSSR count). The minimum absolute atomic E-state index is 0.0401. The lowest BCUT2D eigenvalue weighted by atomic mass is 9.93. The number of alkyl halides is 3. The van der Waals surface area contributed by atoms with Gasteiger partial charge in [0.1, 0.15) is 12.4 Å². The summed E-state index contributed by atoms with van der Waals surface area (Å²) in [6.07, 6.45) is -4.87. The van der Waals surface area contributed by atoms with Crippen LogP contribution in [0.5, 0.6) is 5.75 Å². The van der Waals surface area contributed by atoms with E-state index in [1.54, 1.807) is 0 Å². The lowest BCUT2D eigenvalue weighted by Crippen LogP contribution is -2.45. The third-order valence-electron chi connectivity index (χ3n) is 4.74. The lowest BCUT2D eigenvalue weighted by Gasteiger charge is -2.28. The number of anilines is 1. The molecule has 2 N–H and O–H groups in total. The van der Waals surface area contributed by atoms with Gasteiger partial charge < -0.3 is 15.2 Å². The normalized spacial score (nSPS) is 13.0. The van der Waals surface area contributed by atoms with Crippen LogP contribution in [0.4, 0.5) is 27.6 Å². The average molecular weight is 497 g/mol. The van der Waals surface area contributed by atoms with Gasteiger partial charge in [-0.3, -0.25) is 4.79 Å². The van der Waals surface area contributed by atoms with Crippen LogP contribution in [0.3, 0.4) is 0 Å². The van der Waals surface area contributed by atoms with Gasteiger partial charge in [0.15, 0.2) is 11.6 Å². The zero-order valence-electron chi connectivity index (χ0n) is 17.0. The molecule has 0 aliphatic carbocycles. The number of nitrogens with zero attached hydrogens (tertiary/aromatic N) is 1. The predicted molar refractivity (Wildman–Crippen MR) is 112 cm³/mol. The molecule has 3 aromatic carbocycles. The number of benzene rings is 3. The maximum atomic E-state index is 13.5. The Balaban J connectivity index is 1.94. The Morgan fingerprint density at radius 3 is 2.29 bits per heavy atom. The quantitative estimate of drug-likeness (QED) is 0.447. The third kappa shape index (κ3) is 5.44. The Morgan fingerprint density at radius 1 is 1.03 bits per heavy atom. The summed E-state index contributed by atoms with van der Waals surface area (Å²) in [5.41, 5.74) is -4.80. The van der Waals surface area contributed by atoms with Gasteiger partial charge in [-0.2, -0.15) is 18.4 Å². The zero-order chi connectivity index (χ0) is 25.1. The van der Waals surface area contributed by atoms with E-state index in [2.05, 4.69) is 5.32 Å². The summed E-state index contributed by atoms with van der Waals surface area (Å²) in [6, 6.07) is 11.7. The summed E-state index contributed by atoms with van der Waals surface area (Å²) in [7, 11) is 0. The number of amides is 1. The second-order valence-electron chi connectivity index (χ2n) is 7.06. The smallest absolute Gasteiger partial charge is 0.417 e. The van der Waals surface area contributed by atoms with Gasteiger partial charge in [-0.15, -0.1) is 0 Å². The number of nitriles is 1. The number of hydrogen-bond donors (Lipinski definition) is 2. The Labute approximate surface area is 195 Å². The summed E-state index contributed by atoms with van der Waals surface area (Å²) in [5, 5.41) is 22.6. The topological polar surface area (TPSA) is 82.4 Å². The van der Waals surface area contributed by atoms with Gasteiger partial charge >= 0.3 is 6.18 Å². The number of halogens is 6. The van der Waals surface area contributed by atoms with Crippen LogP contribution in [0.1, 0.15) is 16.7 Å². The molecule has 11 heteroatoms. The fraction of sp³-hybridized carbons (Fsp3) is 0.130. The van der Waals surface area contributed by atoms with Crippen molar-refractivity contribution >= 4 is 23.2 Å². The van der Waals surface area contributed by atoms with Gasteiger partial charge in [0.25, 0.3) is 5.91 Å². The average Bonchev–Trinajstić information content (AvgIpc) is 2.79. The minimum Gasteiger partial charge on any atom is -0.490 e. The molecule has 34 heavy (non-hydrogen) atoms. The van der Waals surface area contributed by atoms with Crippen LogP contribution in [-0.2, 0) is 16.6 Å². The third-order valence-corrected chi connectivity index (χ3v) is 4.99. The molecule has 0 saturated heterocycles. The van der Waals surface area contributed by atoms with Crippen molar-refractivity contribution in [2.24, 2.45) is 0 Å². The highest BCUT2D eigenvalue weighted by Gasteiger charge is 2.40. The molecule has 0 bridgehead atoms. The minimum atomic E-state index is -4.87. The number of carbonyl (C=O) groups is 1. The fourth-order valence-electron chi connectivity index (χ4n) is 2.95. The lowest BCUT2D eigenvalue weighted by molar-refractivity contribution is -0.139. The van der Waals surface area contributed by atoms with Crippen molar-refractivity contribution in [1.29, 1.82) is 5.26 Å². The first-order valence-corrected chi connectivity index (χ1v) is 9.81. The highest BCUT2D eigenvalue weighted by Crippen LogP contribution is 2.34. The SMILES string of the molecule is N#Cc1ccc(NC(=O)C(O)(COc2ccc(F)c(F)c2)c2ccc(Cl)cc2)cc1C(F)(F)F. The van der Waals surface area contributed by atoms with E-state index < -0.39 is 47.1 Å². The van der Waals surface area contributed by atoms with Gasteiger partial charge in [0, 0.05) is 16.8 Å². The Morgan fingerprint density at radius 2 is 1.71 bits per heavy atom. The van der Waals surface area contributed by atoms with E-state index in [4.69, 9.17) is 21.6 Å². The number of nitrogens with one attached hydrogen (secondary N) is 1. The van der Waals surface area contributed by atoms with E-state index in [0.717, 1.165) is 24.3 Å². The van der Waals surface area contributed by atoms with Gasteiger partial charge in [-0.1, -0.05) is 23.7 Å². The van der Waals surface area contributed by atoms with Crippen molar-refractivity contribution < 1.29 is 36.6 Å². The number of hydrogen-bond acceptors (Lipinski definition) is 4. The van der Waals surface area contributed by atoms with Crippen molar-refractivity contribution in [1.82, 2.24) is 0 Å². The molecule has 0 aliphatic heterocycles. The maximum Gasteiger partial charge on any atom is 0.417 e. The van der Waals surface area contributed by atoms with Gasteiger partial charge in [0.05, 0.1) is 17.2 Å². The van der Waals surface area contributed by atoms with E-state index in [9.17, 15) is 31.9 Å². The highest BCUT2D eigenvalue weighted by atomic mass is 35.5. The molecule has 0 spiro atoms. The summed E-state index contributed by atoms with van der Waals surface area (Å²) in [5.74, 6) is -3.76. The number of rotatable bonds is 6. The summed E-state index contributed by atoms with van der Waals surface area (Å²) < 4.78 is 71.7. The van der Waals surface area contributed by atoms with E-state index in [1.165, 1.54) is 30.3 Å². The highest BCUT2D eigenvalue weighted by molar-refractivity contribution is 6.30. The molecule has 3 aromatic rings. The molecule has 0 fully saturated rings. The molecular weight excluding hydrogens is 483 g/mol. The Hall–Kier alpha value is -3.68. The molecule has 5 nitrogen and oxygen atoms in total. The van der Waals surface area contributed by atoms with Crippen LogP contribution in [-0.4, -0.2) is 17.6 Å². The first-order chi connectivity index (χ1) is 15.9. The first kappa shape index (κ1) is 25.0. The van der Waals surface area contributed by atoms with Crippen molar-refractivity contribution in [2.45, 2.75) is 11.8 Å². The molecular formula is C23H14ClF5N2O3. The summed E-state index contributed by atoms with van der Waals surface area (Å²) >= 11 is 5.84. The number of aliphatic hydroxyl groups is 1. The Kier molecular flexibility index (Phi) is 7.09. The summed E-state index contributed by atoms with van der Waals surface area (Å²) in [6.45, 7) is -0.812. The number of carbonyl (C=O) groups excluding carboxylic acids is 1. The predicted octanol–water partition coefficient (Wildman–Crippen LogP) is 5.41. The molecule has 1 atom stereocenters.